The van der Waals surface area contributed by atoms with Crippen LogP contribution in [-0.4, -0.2) is 0 Å². The predicted molar refractivity (Wildman–Crippen MR) is 87.2 cm³/mol. The quantitative estimate of drug-likeness (QED) is 0.774. The summed E-state index contributed by atoms with van der Waals surface area (Å²) in [6, 6.07) is 13.8. The van der Waals surface area contributed by atoms with Crippen LogP contribution in [0.4, 0.5) is 4.39 Å². The van der Waals surface area contributed by atoms with Crippen LogP contribution in [0.5, 0.6) is 0 Å². The van der Waals surface area contributed by atoms with Crippen LogP contribution in [0.1, 0.15) is 49.4 Å². The molecule has 0 saturated heterocycles. The smallest absolute Gasteiger partial charge is 0.146 e. The van der Waals surface area contributed by atoms with Crippen LogP contribution in [0.3, 0.4) is 0 Å². The van der Waals surface area contributed by atoms with Gasteiger partial charge in [0, 0.05) is 18.2 Å². The van der Waals surface area contributed by atoms with Gasteiger partial charge in [0.1, 0.15) is 5.82 Å². The molecule has 0 aromatic heterocycles. The first-order valence-corrected chi connectivity index (χ1v) is 7.63. The van der Waals surface area contributed by atoms with Gasteiger partial charge in [0.25, 0.3) is 0 Å². The SMILES string of the molecule is CC(C)c1ccc(C(C)NCc2cccc(Cl)c2F)cc1. The van der Waals surface area contributed by atoms with Crippen molar-refractivity contribution in [2.24, 2.45) is 0 Å². The molecule has 0 aliphatic rings. The van der Waals surface area contributed by atoms with Crippen LogP contribution in [0.2, 0.25) is 5.02 Å². The Kier molecular flexibility index (Phi) is 5.38. The van der Waals surface area contributed by atoms with Crippen molar-refractivity contribution in [2.45, 2.75) is 39.3 Å². The fourth-order valence-corrected chi connectivity index (χ4v) is 2.43. The van der Waals surface area contributed by atoms with E-state index in [1.165, 1.54) is 11.1 Å². The largest absolute Gasteiger partial charge is 0.306 e. The van der Waals surface area contributed by atoms with E-state index in [4.69, 9.17) is 11.6 Å². The Labute approximate surface area is 131 Å². The first-order chi connectivity index (χ1) is 9.99. The zero-order valence-electron chi connectivity index (χ0n) is 12.7. The molecule has 112 valence electrons. The van der Waals surface area contributed by atoms with Gasteiger partial charge in [-0.2, -0.15) is 0 Å². The molecule has 1 nitrogen and oxygen atoms in total. The molecule has 1 atom stereocenters. The van der Waals surface area contributed by atoms with Gasteiger partial charge in [-0.1, -0.05) is 61.8 Å². The summed E-state index contributed by atoms with van der Waals surface area (Å²) in [6.07, 6.45) is 0. The van der Waals surface area contributed by atoms with Crippen molar-refractivity contribution in [1.29, 1.82) is 0 Å². The topological polar surface area (TPSA) is 12.0 Å². The average molecular weight is 306 g/mol. The van der Waals surface area contributed by atoms with Crippen LogP contribution in [-0.2, 0) is 6.54 Å². The molecule has 0 saturated carbocycles. The minimum absolute atomic E-state index is 0.157. The average Bonchev–Trinajstić information content (AvgIpc) is 2.48. The normalized spacial score (nSPS) is 12.7. The lowest BCUT2D eigenvalue weighted by Gasteiger charge is -2.16. The summed E-state index contributed by atoms with van der Waals surface area (Å²) in [6.45, 7) is 6.89. The van der Waals surface area contributed by atoms with E-state index in [-0.39, 0.29) is 16.9 Å². The summed E-state index contributed by atoms with van der Waals surface area (Å²) < 4.78 is 13.8. The van der Waals surface area contributed by atoms with Crippen LogP contribution >= 0.6 is 11.6 Å². The maximum Gasteiger partial charge on any atom is 0.146 e. The van der Waals surface area contributed by atoms with Gasteiger partial charge in [-0.25, -0.2) is 4.39 Å². The molecule has 2 aromatic carbocycles. The summed E-state index contributed by atoms with van der Waals surface area (Å²) in [5.41, 5.74) is 3.11. The predicted octanol–water partition coefficient (Wildman–Crippen LogP) is 5.45. The van der Waals surface area contributed by atoms with Gasteiger partial charge < -0.3 is 5.32 Å². The van der Waals surface area contributed by atoms with Crippen molar-refractivity contribution >= 4 is 11.6 Å². The number of hydrogen-bond donors (Lipinski definition) is 1. The van der Waals surface area contributed by atoms with Crippen molar-refractivity contribution in [2.75, 3.05) is 0 Å². The first kappa shape index (κ1) is 16.0. The lowest BCUT2D eigenvalue weighted by Crippen LogP contribution is -2.18. The third-order valence-corrected chi connectivity index (χ3v) is 4.03. The maximum atomic E-state index is 13.8. The molecule has 3 heteroatoms. The van der Waals surface area contributed by atoms with Crippen LogP contribution in [0.25, 0.3) is 0 Å². The van der Waals surface area contributed by atoms with E-state index in [0.29, 0.717) is 18.0 Å². The molecule has 0 spiro atoms. The van der Waals surface area contributed by atoms with Crippen molar-refractivity contribution < 1.29 is 4.39 Å². The summed E-state index contributed by atoms with van der Waals surface area (Å²) in [4.78, 5) is 0. The van der Waals surface area contributed by atoms with Gasteiger partial charge in [-0.05, 0) is 30.0 Å². The summed E-state index contributed by atoms with van der Waals surface area (Å²) >= 11 is 5.79. The molecule has 0 aliphatic heterocycles. The molecular formula is C18H21ClFN. The molecule has 0 amide bonds. The second-order valence-electron chi connectivity index (χ2n) is 5.64. The molecule has 0 bridgehead atoms. The lowest BCUT2D eigenvalue weighted by molar-refractivity contribution is 0.544. The number of nitrogens with one attached hydrogen (secondary N) is 1. The van der Waals surface area contributed by atoms with Gasteiger partial charge in [0.2, 0.25) is 0 Å². The minimum atomic E-state index is -0.339. The number of hydrogen-bond acceptors (Lipinski definition) is 1. The Morgan fingerprint density at radius 2 is 1.62 bits per heavy atom. The van der Waals surface area contributed by atoms with E-state index in [2.05, 4.69) is 50.4 Å². The Morgan fingerprint density at radius 1 is 1.00 bits per heavy atom. The Morgan fingerprint density at radius 3 is 2.24 bits per heavy atom. The highest BCUT2D eigenvalue weighted by atomic mass is 35.5. The van der Waals surface area contributed by atoms with Crippen molar-refractivity contribution in [3.63, 3.8) is 0 Å². The van der Waals surface area contributed by atoms with Crippen LogP contribution in [0.15, 0.2) is 42.5 Å². The zero-order chi connectivity index (χ0) is 15.4. The second-order valence-corrected chi connectivity index (χ2v) is 6.04. The Bertz CT molecular complexity index is 593. The first-order valence-electron chi connectivity index (χ1n) is 7.25. The lowest BCUT2D eigenvalue weighted by atomic mass is 9.99. The number of halogens is 2. The third kappa shape index (κ3) is 4.05. The highest BCUT2D eigenvalue weighted by Gasteiger charge is 2.09. The molecule has 0 aliphatic carbocycles. The Hall–Kier alpha value is -1.38. The highest BCUT2D eigenvalue weighted by Crippen LogP contribution is 2.21. The zero-order valence-corrected chi connectivity index (χ0v) is 13.4. The van der Waals surface area contributed by atoms with Crippen LogP contribution < -0.4 is 5.32 Å². The molecule has 0 fully saturated rings. The summed E-state index contributed by atoms with van der Waals surface area (Å²) in [5, 5.41) is 3.50. The molecule has 0 heterocycles. The maximum absolute atomic E-state index is 13.8. The molecule has 2 rings (SSSR count). The molecule has 0 radical (unpaired) electrons. The molecule has 1 unspecified atom stereocenters. The van der Waals surface area contributed by atoms with Crippen molar-refractivity contribution in [3.05, 3.63) is 70.0 Å². The van der Waals surface area contributed by atoms with E-state index in [1.54, 1.807) is 18.2 Å². The summed E-state index contributed by atoms with van der Waals surface area (Å²) in [5.74, 6) is 0.192. The van der Waals surface area contributed by atoms with Crippen molar-refractivity contribution in [1.82, 2.24) is 5.32 Å². The molecule has 1 N–H and O–H groups in total. The van der Waals surface area contributed by atoms with Crippen molar-refractivity contribution in [3.8, 4) is 0 Å². The third-order valence-electron chi connectivity index (χ3n) is 3.73. The standard InChI is InChI=1S/C18H21ClFN/c1-12(2)14-7-9-15(10-8-14)13(3)21-11-16-5-4-6-17(19)18(16)20/h4-10,12-13,21H,11H2,1-3H3. The van der Waals surface area contributed by atoms with Gasteiger partial charge in [-0.3, -0.25) is 0 Å². The fourth-order valence-electron chi connectivity index (χ4n) is 2.24. The monoisotopic (exact) mass is 305 g/mol. The van der Waals surface area contributed by atoms with E-state index in [1.807, 2.05) is 0 Å². The Balaban J connectivity index is 2.01. The van der Waals surface area contributed by atoms with Crippen LogP contribution in [0, 0.1) is 5.82 Å². The van der Waals surface area contributed by atoms with E-state index in [9.17, 15) is 4.39 Å². The highest BCUT2D eigenvalue weighted by molar-refractivity contribution is 6.30. The molecular weight excluding hydrogens is 285 g/mol. The van der Waals surface area contributed by atoms with E-state index < -0.39 is 0 Å². The molecule has 21 heavy (non-hydrogen) atoms. The van der Waals surface area contributed by atoms with Gasteiger partial charge in [-0.15, -0.1) is 0 Å². The number of rotatable bonds is 5. The second kappa shape index (κ2) is 7.06. The summed E-state index contributed by atoms with van der Waals surface area (Å²) in [7, 11) is 0. The fraction of sp³-hybridized carbons (Fsp3) is 0.333. The van der Waals surface area contributed by atoms with Gasteiger partial charge in [0.15, 0.2) is 0 Å². The van der Waals surface area contributed by atoms with Gasteiger partial charge >= 0.3 is 0 Å². The van der Waals surface area contributed by atoms with E-state index >= 15 is 0 Å². The number of benzene rings is 2. The molecule has 2 aromatic rings. The van der Waals surface area contributed by atoms with E-state index in [0.717, 1.165) is 0 Å². The van der Waals surface area contributed by atoms with Gasteiger partial charge in [0.05, 0.1) is 5.02 Å². The minimum Gasteiger partial charge on any atom is -0.306 e.